The van der Waals surface area contributed by atoms with Gasteiger partial charge >= 0.3 is 0 Å². The maximum absolute atomic E-state index is 5.67. The third-order valence-electron chi connectivity index (χ3n) is 1.78. The molecule has 0 bridgehead atoms. The Morgan fingerprint density at radius 1 is 1.50 bits per heavy atom. The van der Waals surface area contributed by atoms with Crippen LogP contribution in [0.1, 0.15) is 5.69 Å². The molecule has 0 radical (unpaired) electrons. The zero-order chi connectivity index (χ0) is 8.55. The molecule has 3 heteroatoms. The molecule has 0 aliphatic carbocycles. The summed E-state index contributed by atoms with van der Waals surface area (Å²) in [5.74, 6) is 0. The molecule has 3 N–H and O–H groups in total. The van der Waals surface area contributed by atoms with E-state index in [1.807, 2.05) is 12.1 Å². The number of nitrogens with zero attached hydrogens (tertiary/aromatic N) is 1. The third kappa shape index (κ3) is 0.871. The number of aromatic nitrogens is 2. The average molecular weight is 159 g/mol. The van der Waals surface area contributed by atoms with Gasteiger partial charge in [-0.2, -0.15) is 0 Å². The number of anilines is 1. The van der Waals surface area contributed by atoms with Crippen molar-refractivity contribution >= 4 is 22.8 Å². The van der Waals surface area contributed by atoms with Crippen molar-refractivity contribution in [2.45, 2.75) is 0 Å². The fourth-order valence-corrected chi connectivity index (χ4v) is 1.15. The molecule has 12 heavy (non-hydrogen) atoms. The number of aromatic amines is 1. The van der Waals surface area contributed by atoms with E-state index in [-0.39, 0.29) is 0 Å². The van der Waals surface area contributed by atoms with Crippen LogP contribution in [-0.4, -0.2) is 9.97 Å². The van der Waals surface area contributed by atoms with Gasteiger partial charge in [0.2, 0.25) is 0 Å². The zero-order valence-electron chi connectivity index (χ0n) is 6.54. The number of nitrogens with two attached hydrogens (primary N) is 1. The highest BCUT2D eigenvalue weighted by molar-refractivity contribution is 5.87. The molecule has 0 aromatic carbocycles. The van der Waals surface area contributed by atoms with Crippen LogP contribution in [0.4, 0.5) is 5.69 Å². The first-order chi connectivity index (χ1) is 5.81. The maximum atomic E-state index is 5.67. The minimum Gasteiger partial charge on any atom is -0.396 e. The lowest BCUT2D eigenvalue weighted by Gasteiger charge is -1.93. The first-order valence-electron chi connectivity index (χ1n) is 3.67. The highest BCUT2D eigenvalue weighted by Gasteiger charge is 2.00. The van der Waals surface area contributed by atoms with E-state index in [1.165, 1.54) is 0 Å². The summed E-state index contributed by atoms with van der Waals surface area (Å²) in [6, 6.07) is 3.83. The molecular weight excluding hydrogens is 150 g/mol. The van der Waals surface area contributed by atoms with Gasteiger partial charge in [0.15, 0.2) is 0 Å². The predicted octanol–water partition coefficient (Wildman–Crippen LogP) is 1.79. The molecule has 3 nitrogen and oxygen atoms in total. The number of nitrogen functional groups attached to an aromatic ring is 1. The molecule has 0 unspecified atom stereocenters. The van der Waals surface area contributed by atoms with Crippen molar-refractivity contribution in [2.24, 2.45) is 0 Å². The predicted molar refractivity (Wildman–Crippen MR) is 50.6 cm³/mol. The monoisotopic (exact) mass is 159 g/mol. The Hall–Kier alpha value is -1.77. The summed E-state index contributed by atoms with van der Waals surface area (Å²) < 4.78 is 0. The molecule has 0 spiro atoms. The summed E-state index contributed by atoms with van der Waals surface area (Å²) in [5.41, 5.74) is 8.96. The van der Waals surface area contributed by atoms with E-state index in [0.717, 1.165) is 16.7 Å². The van der Waals surface area contributed by atoms with E-state index >= 15 is 0 Å². The van der Waals surface area contributed by atoms with E-state index in [0.29, 0.717) is 5.69 Å². The summed E-state index contributed by atoms with van der Waals surface area (Å²) >= 11 is 0. The molecule has 0 saturated heterocycles. The van der Waals surface area contributed by atoms with Gasteiger partial charge in [-0.05, 0) is 18.2 Å². The van der Waals surface area contributed by atoms with E-state index in [9.17, 15) is 0 Å². The standard InChI is InChI=1S/C9H9N3/c1-2-6-3-4-8-9(12-6)7(10)5-11-8/h2-5,11H,1,10H2. The van der Waals surface area contributed by atoms with Crippen LogP contribution in [0.2, 0.25) is 0 Å². The van der Waals surface area contributed by atoms with Gasteiger partial charge in [-0.3, -0.25) is 0 Å². The van der Waals surface area contributed by atoms with Crippen LogP contribution >= 0.6 is 0 Å². The minimum atomic E-state index is 0.675. The molecule has 0 aliphatic rings. The van der Waals surface area contributed by atoms with E-state index in [1.54, 1.807) is 12.3 Å². The van der Waals surface area contributed by atoms with E-state index in [2.05, 4.69) is 16.5 Å². The number of pyridine rings is 1. The van der Waals surface area contributed by atoms with Crippen LogP contribution in [0.5, 0.6) is 0 Å². The lowest BCUT2D eigenvalue weighted by Crippen LogP contribution is -1.85. The van der Waals surface area contributed by atoms with Gasteiger partial charge in [0.1, 0.15) is 5.52 Å². The second-order valence-electron chi connectivity index (χ2n) is 2.58. The van der Waals surface area contributed by atoms with Gasteiger partial charge in [0, 0.05) is 6.20 Å². The number of hydrogen-bond acceptors (Lipinski definition) is 2. The number of hydrogen-bond donors (Lipinski definition) is 2. The Morgan fingerprint density at radius 3 is 3.08 bits per heavy atom. The fourth-order valence-electron chi connectivity index (χ4n) is 1.15. The quantitative estimate of drug-likeness (QED) is 0.666. The van der Waals surface area contributed by atoms with Crippen molar-refractivity contribution < 1.29 is 0 Å². The van der Waals surface area contributed by atoms with Gasteiger partial charge < -0.3 is 10.7 Å². The number of rotatable bonds is 1. The number of H-pyrrole nitrogens is 1. The molecule has 0 atom stereocenters. The van der Waals surface area contributed by atoms with Gasteiger partial charge in [-0.1, -0.05) is 6.58 Å². The SMILES string of the molecule is C=Cc1ccc2[nH]cc(N)c2n1. The number of nitrogens with one attached hydrogen (secondary N) is 1. The topological polar surface area (TPSA) is 54.7 Å². The van der Waals surface area contributed by atoms with Crippen LogP contribution < -0.4 is 5.73 Å². The second-order valence-corrected chi connectivity index (χ2v) is 2.58. The molecule has 2 heterocycles. The molecule has 0 amide bonds. The Balaban J connectivity index is 2.79. The average Bonchev–Trinajstić information content (AvgIpc) is 2.47. The Labute approximate surface area is 69.9 Å². The van der Waals surface area contributed by atoms with Crippen molar-refractivity contribution in [3.05, 3.63) is 30.6 Å². The Morgan fingerprint density at radius 2 is 2.33 bits per heavy atom. The maximum Gasteiger partial charge on any atom is 0.111 e. The van der Waals surface area contributed by atoms with Gasteiger partial charge in [-0.15, -0.1) is 0 Å². The smallest absolute Gasteiger partial charge is 0.111 e. The molecule has 2 rings (SSSR count). The van der Waals surface area contributed by atoms with Crippen LogP contribution in [0.3, 0.4) is 0 Å². The van der Waals surface area contributed by atoms with E-state index < -0.39 is 0 Å². The highest BCUT2D eigenvalue weighted by Crippen LogP contribution is 2.17. The van der Waals surface area contributed by atoms with Crippen LogP contribution in [0.25, 0.3) is 17.1 Å². The molecule has 0 aliphatic heterocycles. The van der Waals surface area contributed by atoms with Crippen LogP contribution in [0.15, 0.2) is 24.9 Å². The lowest BCUT2D eigenvalue weighted by molar-refractivity contribution is 1.37. The highest BCUT2D eigenvalue weighted by atomic mass is 14.8. The summed E-state index contributed by atoms with van der Waals surface area (Å²) in [6.07, 6.45) is 3.44. The minimum absolute atomic E-state index is 0.675. The first kappa shape index (κ1) is 6.91. The summed E-state index contributed by atoms with van der Waals surface area (Å²) in [7, 11) is 0. The van der Waals surface area contributed by atoms with Gasteiger partial charge in [0.25, 0.3) is 0 Å². The van der Waals surface area contributed by atoms with Crippen molar-refractivity contribution in [2.75, 3.05) is 5.73 Å². The molecule has 0 fully saturated rings. The van der Waals surface area contributed by atoms with E-state index in [4.69, 9.17) is 5.73 Å². The van der Waals surface area contributed by atoms with Crippen molar-refractivity contribution in [1.29, 1.82) is 0 Å². The zero-order valence-corrected chi connectivity index (χ0v) is 6.54. The molecule has 0 saturated carbocycles. The lowest BCUT2D eigenvalue weighted by atomic mass is 10.3. The van der Waals surface area contributed by atoms with Gasteiger partial charge in [0.05, 0.1) is 16.9 Å². The summed E-state index contributed by atoms with van der Waals surface area (Å²) in [6.45, 7) is 3.64. The molecule has 2 aromatic heterocycles. The van der Waals surface area contributed by atoms with Crippen molar-refractivity contribution in [3.63, 3.8) is 0 Å². The summed E-state index contributed by atoms with van der Waals surface area (Å²) in [5, 5.41) is 0. The summed E-state index contributed by atoms with van der Waals surface area (Å²) in [4.78, 5) is 7.30. The second kappa shape index (κ2) is 2.37. The first-order valence-corrected chi connectivity index (χ1v) is 3.67. The van der Waals surface area contributed by atoms with Crippen LogP contribution in [-0.2, 0) is 0 Å². The Kier molecular flexibility index (Phi) is 1.37. The molecular formula is C9H9N3. The largest absolute Gasteiger partial charge is 0.396 e. The Bertz CT molecular complexity index is 428. The third-order valence-corrected chi connectivity index (χ3v) is 1.78. The fraction of sp³-hybridized carbons (Fsp3) is 0. The van der Waals surface area contributed by atoms with Crippen molar-refractivity contribution in [3.8, 4) is 0 Å². The molecule has 60 valence electrons. The number of fused-ring (bicyclic) bond motifs is 1. The van der Waals surface area contributed by atoms with Gasteiger partial charge in [-0.25, -0.2) is 4.98 Å². The molecule has 2 aromatic rings. The van der Waals surface area contributed by atoms with Crippen LogP contribution in [0, 0.1) is 0 Å². The van der Waals surface area contributed by atoms with Crippen molar-refractivity contribution in [1.82, 2.24) is 9.97 Å². The normalized spacial score (nSPS) is 10.3.